The van der Waals surface area contributed by atoms with E-state index < -0.39 is 0 Å². The van der Waals surface area contributed by atoms with Gasteiger partial charge in [-0.3, -0.25) is 4.90 Å². The van der Waals surface area contributed by atoms with Crippen LogP contribution in [0.3, 0.4) is 0 Å². The number of rotatable bonds is 3. The standard InChI is InChI=1S/C17H19N3O2/c1-12-7-13(3-4-15(12)17(21)22-2)9-20-6-5-16-14(10-20)8-18-11-19-16/h3-4,7-8,11H,5-6,9-10H2,1-2H3. The summed E-state index contributed by atoms with van der Waals surface area (Å²) in [7, 11) is 1.41. The first-order valence-corrected chi connectivity index (χ1v) is 7.35. The molecule has 0 N–H and O–H groups in total. The summed E-state index contributed by atoms with van der Waals surface area (Å²) in [6, 6.07) is 5.90. The number of hydrogen-bond donors (Lipinski definition) is 0. The van der Waals surface area contributed by atoms with E-state index in [4.69, 9.17) is 4.74 Å². The Hall–Kier alpha value is -2.27. The Morgan fingerprint density at radius 1 is 1.41 bits per heavy atom. The van der Waals surface area contributed by atoms with Gasteiger partial charge in [-0.05, 0) is 24.1 Å². The number of methoxy groups -OCH3 is 1. The molecule has 1 aliphatic rings. The molecule has 2 aromatic rings. The van der Waals surface area contributed by atoms with E-state index in [1.54, 1.807) is 6.33 Å². The smallest absolute Gasteiger partial charge is 0.338 e. The number of carbonyl (C=O) groups excluding carboxylic acids is 1. The fourth-order valence-corrected chi connectivity index (χ4v) is 2.88. The van der Waals surface area contributed by atoms with Gasteiger partial charge in [0.25, 0.3) is 0 Å². The third kappa shape index (κ3) is 2.99. The van der Waals surface area contributed by atoms with E-state index in [9.17, 15) is 4.79 Å². The van der Waals surface area contributed by atoms with Crippen LogP contribution in [0.25, 0.3) is 0 Å². The quantitative estimate of drug-likeness (QED) is 0.812. The Morgan fingerprint density at radius 3 is 3.05 bits per heavy atom. The fourth-order valence-electron chi connectivity index (χ4n) is 2.88. The second kappa shape index (κ2) is 6.23. The SMILES string of the molecule is COC(=O)c1ccc(CN2CCc3ncncc3C2)cc1C. The van der Waals surface area contributed by atoms with Gasteiger partial charge in [0, 0.05) is 43.5 Å². The maximum absolute atomic E-state index is 11.6. The van der Waals surface area contributed by atoms with Gasteiger partial charge >= 0.3 is 5.97 Å². The second-order valence-electron chi connectivity index (χ2n) is 5.60. The van der Waals surface area contributed by atoms with Gasteiger partial charge in [-0.2, -0.15) is 0 Å². The number of esters is 1. The third-order valence-corrected chi connectivity index (χ3v) is 4.04. The highest BCUT2D eigenvalue weighted by Crippen LogP contribution is 2.19. The van der Waals surface area contributed by atoms with Gasteiger partial charge in [0.15, 0.2) is 0 Å². The summed E-state index contributed by atoms with van der Waals surface area (Å²) in [4.78, 5) is 22.4. The molecule has 0 saturated heterocycles. The molecular formula is C17H19N3O2. The minimum absolute atomic E-state index is 0.284. The molecule has 0 amide bonds. The predicted molar refractivity (Wildman–Crippen MR) is 82.4 cm³/mol. The van der Waals surface area contributed by atoms with Crippen molar-refractivity contribution < 1.29 is 9.53 Å². The molecule has 1 aromatic heterocycles. The van der Waals surface area contributed by atoms with Crippen molar-refractivity contribution in [3.8, 4) is 0 Å². The van der Waals surface area contributed by atoms with Crippen molar-refractivity contribution in [2.75, 3.05) is 13.7 Å². The minimum atomic E-state index is -0.284. The van der Waals surface area contributed by atoms with Gasteiger partial charge in [0.2, 0.25) is 0 Å². The van der Waals surface area contributed by atoms with Gasteiger partial charge in [0.1, 0.15) is 6.33 Å². The highest BCUT2D eigenvalue weighted by molar-refractivity contribution is 5.90. The van der Waals surface area contributed by atoms with E-state index in [0.717, 1.165) is 37.3 Å². The molecule has 2 heterocycles. The van der Waals surface area contributed by atoms with Crippen molar-refractivity contribution in [2.45, 2.75) is 26.4 Å². The second-order valence-corrected chi connectivity index (χ2v) is 5.60. The normalized spacial score (nSPS) is 14.5. The molecule has 0 unspecified atom stereocenters. The molecule has 0 bridgehead atoms. The molecule has 0 radical (unpaired) electrons. The number of fused-ring (bicyclic) bond motifs is 1. The lowest BCUT2D eigenvalue weighted by Crippen LogP contribution is -2.30. The van der Waals surface area contributed by atoms with Gasteiger partial charge in [-0.1, -0.05) is 12.1 Å². The van der Waals surface area contributed by atoms with Crippen molar-refractivity contribution in [1.29, 1.82) is 0 Å². The Bertz CT molecular complexity index is 700. The molecule has 0 saturated carbocycles. The Balaban J connectivity index is 1.72. The molecule has 0 atom stereocenters. The number of aryl methyl sites for hydroxylation is 1. The lowest BCUT2D eigenvalue weighted by molar-refractivity contribution is 0.0600. The molecule has 0 spiro atoms. The monoisotopic (exact) mass is 297 g/mol. The summed E-state index contributed by atoms with van der Waals surface area (Å²) >= 11 is 0. The fraction of sp³-hybridized carbons (Fsp3) is 0.353. The van der Waals surface area contributed by atoms with Gasteiger partial charge in [-0.25, -0.2) is 14.8 Å². The molecule has 0 fully saturated rings. The summed E-state index contributed by atoms with van der Waals surface area (Å²) < 4.78 is 4.78. The van der Waals surface area contributed by atoms with E-state index in [2.05, 4.69) is 20.9 Å². The summed E-state index contributed by atoms with van der Waals surface area (Å²) in [6.45, 7) is 4.65. The lowest BCUT2D eigenvalue weighted by atomic mass is 10.0. The van der Waals surface area contributed by atoms with Crippen molar-refractivity contribution in [3.63, 3.8) is 0 Å². The Kier molecular flexibility index (Phi) is 4.15. The van der Waals surface area contributed by atoms with Crippen LogP contribution in [-0.2, 0) is 24.2 Å². The van der Waals surface area contributed by atoms with E-state index in [-0.39, 0.29) is 5.97 Å². The van der Waals surface area contributed by atoms with Crippen molar-refractivity contribution in [2.24, 2.45) is 0 Å². The highest BCUT2D eigenvalue weighted by Gasteiger charge is 2.18. The van der Waals surface area contributed by atoms with Crippen LogP contribution in [0.15, 0.2) is 30.7 Å². The van der Waals surface area contributed by atoms with Crippen molar-refractivity contribution in [1.82, 2.24) is 14.9 Å². The molecule has 5 nitrogen and oxygen atoms in total. The number of ether oxygens (including phenoxy) is 1. The third-order valence-electron chi connectivity index (χ3n) is 4.04. The number of hydrogen-bond acceptors (Lipinski definition) is 5. The molecule has 5 heteroatoms. The average molecular weight is 297 g/mol. The predicted octanol–water partition coefficient (Wildman–Crippen LogP) is 2.13. The van der Waals surface area contributed by atoms with Crippen molar-refractivity contribution in [3.05, 3.63) is 58.7 Å². The maximum atomic E-state index is 11.6. The topological polar surface area (TPSA) is 55.3 Å². The van der Waals surface area contributed by atoms with E-state index >= 15 is 0 Å². The number of nitrogens with zero attached hydrogens (tertiary/aromatic N) is 3. The van der Waals surface area contributed by atoms with Crippen LogP contribution in [0, 0.1) is 6.92 Å². The zero-order chi connectivity index (χ0) is 15.5. The van der Waals surface area contributed by atoms with Crippen LogP contribution in [-0.4, -0.2) is 34.5 Å². The Labute approximate surface area is 130 Å². The number of benzene rings is 1. The van der Waals surface area contributed by atoms with Crippen LogP contribution in [0.2, 0.25) is 0 Å². The zero-order valence-corrected chi connectivity index (χ0v) is 12.9. The van der Waals surface area contributed by atoms with Crippen LogP contribution in [0.5, 0.6) is 0 Å². The molecule has 1 aliphatic heterocycles. The first kappa shape index (κ1) is 14.7. The van der Waals surface area contributed by atoms with Crippen molar-refractivity contribution >= 4 is 5.97 Å². The molecule has 3 rings (SSSR count). The highest BCUT2D eigenvalue weighted by atomic mass is 16.5. The maximum Gasteiger partial charge on any atom is 0.338 e. The molecule has 0 aliphatic carbocycles. The van der Waals surface area contributed by atoms with E-state index in [0.29, 0.717) is 5.56 Å². The van der Waals surface area contributed by atoms with Gasteiger partial charge < -0.3 is 4.74 Å². The molecular weight excluding hydrogens is 278 g/mol. The van der Waals surface area contributed by atoms with Crippen LogP contribution < -0.4 is 0 Å². The first-order chi connectivity index (χ1) is 10.7. The molecule has 1 aromatic carbocycles. The summed E-state index contributed by atoms with van der Waals surface area (Å²) in [5.74, 6) is -0.284. The largest absolute Gasteiger partial charge is 0.465 e. The van der Waals surface area contributed by atoms with Crippen LogP contribution in [0.4, 0.5) is 0 Å². The Morgan fingerprint density at radius 2 is 2.27 bits per heavy atom. The molecule has 114 valence electrons. The van der Waals surface area contributed by atoms with E-state index in [1.807, 2.05) is 25.3 Å². The molecule has 22 heavy (non-hydrogen) atoms. The minimum Gasteiger partial charge on any atom is -0.465 e. The van der Waals surface area contributed by atoms with Gasteiger partial charge in [-0.15, -0.1) is 0 Å². The van der Waals surface area contributed by atoms with Crippen LogP contribution >= 0.6 is 0 Å². The summed E-state index contributed by atoms with van der Waals surface area (Å²) in [5.41, 5.74) is 5.14. The van der Waals surface area contributed by atoms with E-state index in [1.165, 1.54) is 18.2 Å². The number of carbonyl (C=O) groups is 1. The summed E-state index contributed by atoms with van der Waals surface area (Å²) in [5, 5.41) is 0. The summed E-state index contributed by atoms with van der Waals surface area (Å²) in [6.07, 6.45) is 4.47. The first-order valence-electron chi connectivity index (χ1n) is 7.35. The lowest BCUT2D eigenvalue weighted by Gasteiger charge is -2.27. The average Bonchev–Trinajstić information content (AvgIpc) is 2.54. The zero-order valence-electron chi connectivity index (χ0n) is 12.9. The number of aromatic nitrogens is 2. The van der Waals surface area contributed by atoms with Crippen LogP contribution in [0.1, 0.15) is 32.7 Å². The van der Waals surface area contributed by atoms with Gasteiger partial charge in [0.05, 0.1) is 12.7 Å².